The predicted octanol–water partition coefficient (Wildman–Crippen LogP) is 18.1. The van der Waals surface area contributed by atoms with Gasteiger partial charge in [-0.05, 0) is 0 Å². The van der Waals surface area contributed by atoms with E-state index in [2.05, 4.69) is 173 Å². The summed E-state index contributed by atoms with van der Waals surface area (Å²) in [5.74, 6) is 0. The van der Waals surface area contributed by atoms with Crippen molar-refractivity contribution in [1.82, 2.24) is 0 Å². The fourth-order valence-electron chi connectivity index (χ4n) is 0. The molecule has 0 unspecified atom stereocenters. The molecular weight excluding hydrogens is 947 g/mol. The number of hydrogen-bond donors (Lipinski definition) is 0. The number of carbonyl (C=O) groups is 1. The van der Waals surface area contributed by atoms with E-state index in [0.29, 0.717) is 0 Å². The Bertz CT molecular complexity index is 90.1. The molecule has 0 aromatic rings. The Morgan fingerprint density at radius 2 is 0.514 bits per heavy atom. The van der Waals surface area contributed by atoms with E-state index >= 15 is 0 Å². The molecule has 0 saturated heterocycles. The van der Waals surface area contributed by atoms with Crippen LogP contribution < -0.4 is 0 Å². The molecule has 0 bridgehead atoms. The molecule has 0 aliphatic carbocycles. The monoisotopic (exact) mass is 1040 g/mol. The first-order valence-corrected chi connectivity index (χ1v) is 26.7. The maximum absolute atomic E-state index is 8.00. The molecule has 6 heteroatoms. The molecular formula is C31H90I4OV-. The van der Waals surface area contributed by atoms with Gasteiger partial charge >= 0.3 is 64.9 Å². The maximum atomic E-state index is 8.00. The van der Waals surface area contributed by atoms with Crippen LogP contribution in [0.25, 0.3) is 0 Å². The topological polar surface area (TPSA) is 17.1 Å². The van der Waals surface area contributed by atoms with Crippen LogP contribution in [-0.4, -0.2) is 10.7 Å². The summed E-state index contributed by atoms with van der Waals surface area (Å²) in [6.45, 7) is 40.6. The molecule has 0 aliphatic heterocycles. The average Bonchev–Trinajstić information content (AvgIpc) is 2.70. The molecule has 0 atom stereocenters. The molecule has 254 valence electrons. The van der Waals surface area contributed by atoms with Crippen molar-refractivity contribution in [3.8, 4) is 0 Å². The molecule has 0 aromatic carbocycles. The van der Waals surface area contributed by atoms with E-state index in [4.69, 9.17) is 4.79 Å². The Labute approximate surface area is 300 Å². The van der Waals surface area contributed by atoms with E-state index in [1.807, 2.05) is 34.5 Å². The average molecular weight is 1040 g/mol. The molecule has 1 nitrogen and oxygen atoms in total. The Kier molecular flexibility index (Phi) is 882. The molecule has 0 heterocycles. The third-order valence-electron chi connectivity index (χ3n) is 0. The van der Waals surface area contributed by atoms with Crippen LogP contribution in [0, 0.1) is 6.92 Å². The normalized spacial score (nSPS) is 4.97. The molecule has 0 rings (SSSR count). The third kappa shape index (κ3) is 5370. The fraction of sp³-hybridized carbons (Fsp3) is 0.935. The summed E-state index contributed by atoms with van der Waals surface area (Å²) < 4.78 is 0.803. The first-order chi connectivity index (χ1) is 14.5. The molecule has 37 heavy (non-hydrogen) atoms. The van der Waals surface area contributed by atoms with E-state index in [9.17, 15) is 0 Å². The summed E-state index contributed by atoms with van der Waals surface area (Å²) in [6, 6.07) is 0. The summed E-state index contributed by atoms with van der Waals surface area (Å²) in [5, 5.41) is 0. The molecule has 0 aliphatic rings. The second kappa shape index (κ2) is 284. The first-order valence-electron chi connectivity index (χ1n) is 11.9. The van der Waals surface area contributed by atoms with Crippen LogP contribution in [0.5, 0.6) is 0 Å². The van der Waals surface area contributed by atoms with E-state index < -0.39 is 0 Å². The second-order valence-corrected chi connectivity index (χ2v) is 42.6. The summed E-state index contributed by atoms with van der Waals surface area (Å²) in [7, 11) is 0. The van der Waals surface area contributed by atoms with Crippen molar-refractivity contribution in [3.05, 3.63) is 6.92 Å². The van der Waals surface area contributed by atoms with Crippen molar-refractivity contribution in [2.24, 2.45) is 0 Å². The molecule has 0 saturated carbocycles. The predicted molar refractivity (Wildman–Crippen MR) is 232 cm³/mol. The zero-order valence-electron chi connectivity index (χ0n) is 24.9. The Morgan fingerprint density at radius 3 is 0.514 bits per heavy atom. The number of halogens is 4. The van der Waals surface area contributed by atoms with Gasteiger partial charge in [-0.15, -0.1) is 0 Å². The van der Waals surface area contributed by atoms with E-state index in [1.54, 1.807) is 6.92 Å². The Morgan fingerprint density at radius 1 is 0.514 bits per heavy atom. The van der Waals surface area contributed by atoms with E-state index in [0.717, 1.165) is 3.92 Å². The summed E-state index contributed by atoms with van der Waals surface area (Å²) in [6.07, 6.45) is 6.25. The minimum absolute atomic E-state index is 0. The molecule has 0 radical (unpaired) electrons. The van der Waals surface area contributed by atoms with Gasteiger partial charge in [-0.25, -0.2) is 0 Å². The molecule has 0 aromatic heterocycles. The quantitative estimate of drug-likeness (QED) is 0.134. The van der Waals surface area contributed by atoms with Crippen LogP contribution in [0.1, 0.15) is 194 Å². The van der Waals surface area contributed by atoms with E-state index in [-0.39, 0.29) is 49.5 Å². The second-order valence-electron chi connectivity index (χ2n) is 4.74. The van der Waals surface area contributed by atoms with Gasteiger partial charge in [0, 0.05) is 3.92 Å². The van der Waals surface area contributed by atoms with Gasteiger partial charge in [-0.1, -0.05) is 210 Å². The first kappa shape index (κ1) is 115. The van der Waals surface area contributed by atoms with Gasteiger partial charge in [0.05, 0.1) is 0 Å². The van der Waals surface area contributed by atoms with Gasteiger partial charge in [-0.2, -0.15) is 6.92 Å². The van der Waals surface area contributed by atoms with Gasteiger partial charge in [0.25, 0.3) is 0 Å². The van der Waals surface area contributed by atoms with Crippen LogP contribution in [-0.2, 0) is 9.72 Å². The van der Waals surface area contributed by atoms with Gasteiger partial charge in [0.15, 0.2) is 0 Å². The number of carbonyl (C=O) groups excluding carboxylic acids is 1. The number of hydrogen-bond acceptors (Lipinski definition) is 1. The van der Waals surface area contributed by atoms with Crippen molar-refractivity contribution >= 4 is 89.3 Å². The SMILES string of the molecule is C.C.C.C.C.C.C=O.CC.CC.CC(C)I.CCC.CCC.CCC.CCC.CCC.[CH2-]C.[I][V]([I])[I]. The van der Waals surface area contributed by atoms with Gasteiger partial charge in [0.1, 0.15) is 6.79 Å². The van der Waals surface area contributed by atoms with Crippen molar-refractivity contribution in [2.45, 2.75) is 198 Å². The van der Waals surface area contributed by atoms with Crippen LogP contribution in [0.4, 0.5) is 0 Å². The van der Waals surface area contributed by atoms with Gasteiger partial charge in [-0.3, -0.25) is 0 Å². The molecule has 0 fully saturated rings. The molecule has 0 amide bonds. The summed E-state index contributed by atoms with van der Waals surface area (Å²) >= 11 is 9.73. The van der Waals surface area contributed by atoms with E-state index in [1.165, 1.54) is 32.1 Å². The summed E-state index contributed by atoms with van der Waals surface area (Å²) in [5.41, 5.74) is 0. The third-order valence-corrected chi connectivity index (χ3v) is 0. The molecule has 0 N–H and O–H groups in total. The Hall–Kier alpha value is 3.17. The van der Waals surface area contributed by atoms with Crippen molar-refractivity contribution in [2.75, 3.05) is 0 Å². The van der Waals surface area contributed by atoms with Crippen LogP contribution in [0.15, 0.2) is 0 Å². The zero-order chi connectivity index (χ0) is 28.7. The standard InChI is InChI=1S/C3H7I.5C3H8.2C2H6.C2H5.CH2O.6CH4.3HI.V/c1-3(2)4;5*1-3-2;4*1-2;;;;;;;;;;/h3H,1-2H3;5*3H2,1-2H3;2*1-2H3;1H2,2H3;1H2;6*1H4;3*1H;/q;;;;;;;;-1;;;;;;;;;;;+3/p-3. The van der Waals surface area contributed by atoms with Crippen molar-refractivity contribution in [1.29, 1.82) is 0 Å². The van der Waals surface area contributed by atoms with Crippen LogP contribution in [0.2, 0.25) is 0 Å². The zero-order valence-corrected chi connectivity index (χ0v) is 34.9. The van der Waals surface area contributed by atoms with Gasteiger partial charge in [0.2, 0.25) is 0 Å². The number of rotatable bonds is 0. The Balaban J connectivity index is -0.00000000787. The summed E-state index contributed by atoms with van der Waals surface area (Å²) in [4.78, 5) is 7.72. The number of alkyl halides is 1. The van der Waals surface area contributed by atoms with Crippen LogP contribution >= 0.6 is 82.5 Å². The molecule has 0 spiro atoms. The minimum atomic E-state index is -0.278. The van der Waals surface area contributed by atoms with Crippen molar-refractivity contribution in [3.63, 3.8) is 0 Å². The fourth-order valence-corrected chi connectivity index (χ4v) is 0. The van der Waals surface area contributed by atoms with Gasteiger partial charge < -0.3 is 11.7 Å². The van der Waals surface area contributed by atoms with Crippen molar-refractivity contribution < 1.29 is 9.72 Å². The van der Waals surface area contributed by atoms with Crippen LogP contribution in [0.3, 0.4) is 0 Å².